The Hall–Kier alpha value is -1.53. The number of hydrogen-bond acceptors (Lipinski definition) is 2. The van der Waals surface area contributed by atoms with E-state index in [1.807, 2.05) is 18.2 Å². The molecule has 57 valence electrons. The van der Waals surface area contributed by atoms with E-state index in [-0.39, 0.29) is 0 Å². The molecule has 0 spiro atoms. The molecule has 0 aromatic heterocycles. The first-order chi connectivity index (χ1) is 5.86. The lowest BCUT2D eigenvalue weighted by Gasteiger charge is -1.91. The first kappa shape index (κ1) is 8.57. The third-order valence-corrected chi connectivity index (χ3v) is 1.41. The van der Waals surface area contributed by atoms with E-state index in [2.05, 4.69) is 0 Å². The fourth-order valence-corrected chi connectivity index (χ4v) is 0.823. The Balaban J connectivity index is 2.80. The summed E-state index contributed by atoms with van der Waals surface area (Å²) >= 11 is 0. The standard InChI is InChI=1S/C9H7BNO/c11-7-9-3-1-8(2-4-9)5-6-10-12/h1-6,12H. The van der Waals surface area contributed by atoms with Crippen molar-refractivity contribution >= 4 is 13.6 Å². The van der Waals surface area contributed by atoms with Gasteiger partial charge in [0, 0.05) is 0 Å². The summed E-state index contributed by atoms with van der Waals surface area (Å²) in [4.78, 5) is 0. The summed E-state index contributed by atoms with van der Waals surface area (Å²) in [6.45, 7) is 0. The van der Waals surface area contributed by atoms with Crippen molar-refractivity contribution in [1.82, 2.24) is 0 Å². The van der Waals surface area contributed by atoms with Gasteiger partial charge in [-0.3, -0.25) is 0 Å². The quantitative estimate of drug-likeness (QED) is 0.652. The van der Waals surface area contributed by atoms with Gasteiger partial charge in [-0.25, -0.2) is 0 Å². The molecular formula is C9H7BNO. The average Bonchev–Trinajstić information content (AvgIpc) is 2.15. The second kappa shape index (κ2) is 4.37. The van der Waals surface area contributed by atoms with E-state index in [1.165, 1.54) is 5.98 Å². The van der Waals surface area contributed by atoms with Crippen molar-refractivity contribution < 1.29 is 5.02 Å². The third kappa shape index (κ3) is 2.26. The molecule has 3 heteroatoms. The van der Waals surface area contributed by atoms with Crippen molar-refractivity contribution in [1.29, 1.82) is 5.26 Å². The molecule has 0 saturated carbocycles. The first-order valence-electron chi connectivity index (χ1n) is 3.51. The fraction of sp³-hybridized carbons (Fsp3) is 0. The third-order valence-electron chi connectivity index (χ3n) is 1.41. The van der Waals surface area contributed by atoms with Crippen LogP contribution in [-0.4, -0.2) is 12.5 Å². The minimum Gasteiger partial charge on any atom is -0.450 e. The number of benzene rings is 1. The molecule has 1 radical (unpaired) electrons. The van der Waals surface area contributed by atoms with E-state index in [1.54, 1.807) is 18.2 Å². The summed E-state index contributed by atoms with van der Waals surface area (Å²) < 4.78 is 0. The van der Waals surface area contributed by atoms with Crippen molar-refractivity contribution in [2.75, 3.05) is 0 Å². The summed E-state index contributed by atoms with van der Waals surface area (Å²) in [5.74, 6) is 1.53. The second-order valence-electron chi connectivity index (χ2n) is 2.24. The number of nitrogens with zero attached hydrogens (tertiary/aromatic N) is 1. The Morgan fingerprint density at radius 1 is 1.33 bits per heavy atom. The molecule has 0 amide bonds. The van der Waals surface area contributed by atoms with Crippen LogP contribution in [-0.2, 0) is 0 Å². The Morgan fingerprint density at radius 3 is 2.50 bits per heavy atom. The summed E-state index contributed by atoms with van der Waals surface area (Å²) in [7, 11) is 0.970. The zero-order valence-corrected chi connectivity index (χ0v) is 6.44. The molecule has 1 rings (SSSR count). The van der Waals surface area contributed by atoms with Crippen LogP contribution in [0, 0.1) is 11.3 Å². The highest BCUT2D eigenvalue weighted by Gasteiger charge is 1.88. The van der Waals surface area contributed by atoms with Crippen LogP contribution in [0.15, 0.2) is 30.2 Å². The molecule has 0 aliphatic carbocycles. The van der Waals surface area contributed by atoms with Crippen molar-refractivity contribution in [2.24, 2.45) is 0 Å². The Kier molecular flexibility index (Phi) is 3.12. The van der Waals surface area contributed by atoms with Gasteiger partial charge in [-0.2, -0.15) is 5.26 Å². The topological polar surface area (TPSA) is 44.0 Å². The largest absolute Gasteiger partial charge is 0.450 e. The lowest BCUT2D eigenvalue weighted by atomic mass is 10.00. The maximum absolute atomic E-state index is 8.49. The van der Waals surface area contributed by atoms with E-state index < -0.39 is 0 Å². The van der Waals surface area contributed by atoms with Gasteiger partial charge in [-0.15, -0.1) is 0 Å². The highest BCUT2D eigenvalue weighted by Crippen LogP contribution is 2.04. The summed E-state index contributed by atoms with van der Waals surface area (Å²) in [6.07, 6.45) is 1.75. The van der Waals surface area contributed by atoms with Crippen molar-refractivity contribution in [3.63, 3.8) is 0 Å². The molecular weight excluding hydrogens is 149 g/mol. The number of rotatable bonds is 2. The van der Waals surface area contributed by atoms with Gasteiger partial charge >= 0.3 is 7.48 Å². The number of hydrogen-bond donors (Lipinski definition) is 1. The predicted molar refractivity (Wildman–Crippen MR) is 48.2 cm³/mol. The zero-order valence-electron chi connectivity index (χ0n) is 6.44. The van der Waals surface area contributed by atoms with Crippen LogP contribution >= 0.6 is 0 Å². The monoisotopic (exact) mass is 156 g/mol. The van der Waals surface area contributed by atoms with Crippen LogP contribution in [0.1, 0.15) is 11.1 Å². The summed E-state index contributed by atoms with van der Waals surface area (Å²) in [5, 5.41) is 16.9. The molecule has 0 saturated heterocycles. The van der Waals surface area contributed by atoms with Crippen LogP contribution in [0.2, 0.25) is 0 Å². The highest BCUT2D eigenvalue weighted by molar-refractivity contribution is 6.33. The molecule has 1 N–H and O–H groups in total. The van der Waals surface area contributed by atoms with Crippen LogP contribution in [0.25, 0.3) is 6.08 Å². The Morgan fingerprint density at radius 2 is 2.00 bits per heavy atom. The van der Waals surface area contributed by atoms with Crippen LogP contribution in [0.3, 0.4) is 0 Å². The molecule has 0 aliphatic heterocycles. The maximum Gasteiger partial charge on any atom is 0.318 e. The molecule has 0 unspecified atom stereocenters. The fourth-order valence-electron chi connectivity index (χ4n) is 0.823. The van der Waals surface area contributed by atoms with Gasteiger partial charge in [0.15, 0.2) is 0 Å². The van der Waals surface area contributed by atoms with Crippen LogP contribution in [0.5, 0.6) is 0 Å². The highest BCUT2D eigenvalue weighted by atomic mass is 16.2. The summed E-state index contributed by atoms with van der Waals surface area (Å²) in [6, 6.07) is 9.13. The Bertz CT molecular complexity index is 310. The average molecular weight is 156 g/mol. The molecule has 0 atom stereocenters. The van der Waals surface area contributed by atoms with E-state index in [4.69, 9.17) is 10.3 Å². The van der Waals surface area contributed by atoms with Gasteiger partial charge in [-0.1, -0.05) is 24.2 Å². The lowest BCUT2D eigenvalue weighted by molar-refractivity contribution is 0.615. The second-order valence-corrected chi connectivity index (χ2v) is 2.24. The van der Waals surface area contributed by atoms with Gasteiger partial charge in [0.1, 0.15) is 0 Å². The summed E-state index contributed by atoms with van der Waals surface area (Å²) in [5.41, 5.74) is 1.60. The van der Waals surface area contributed by atoms with Gasteiger partial charge in [0.05, 0.1) is 11.6 Å². The normalized spacial score (nSPS) is 9.67. The SMILES string of the molecule is N#Cc1ccc(C=C[B]O)cc1. The molecule has 0 fully saturated rings. The van der Waals surface area contributed by atoms with E-state index in [9.17, 15) is 0 Å². The molecule has 2 nitrogen and oxygen atoms in total. The van der Waals surface area contributed by atoms with E-state index in [0.29, 0.717) is 5.56 Å². The molecule has 1 aromatic rings. The van der Waals surface area contributed by atoms with Crippen molar-refractivity contribution in [3.8, 4) is 6.07 Å². The number of nitriles is 1. The smallest absolute Gasteiger partial charge is 0.318 e. The van der Waals surface area contributed by atoms with Gasteiger partial charge < -0.3 is 5.02 Å². The first-order valence-corrected chi connectivity index (χ1v) is 3.51. The van der Waals surface area contributed by atoms with E-state index >= 15 is 0 Å². The lowest BCUT2D eigenvalue weighted by Crippen LogP contribution is -1.79. The molecule has 0 bridgehead atoms. The molecule has 12 heavy (non-hydrogen) atoms. The van der Waals surface area contributed by atoms with Crippen molar-refractivity contribution in [2.45, 2.75) is 0 Å². The van der Waals surface area contributed by atoms with Crippen molar-refractivity contribution in [3.05, 3.63) is 41.4 Å². The van der Waals surface area contributed by atoms with Crippen LogP contribution in [0.4, 0.5) is 0 Å². The van der Waals surface area contributed by atoms with Gasteiger partial charge in [0.25, 0.3) is 0 Å². The minimum absolute atomic E-state index is 0.639. The van der Waals surface area contributed by atoms with Gasteiger partial charge in [-0.05, 0) is 17.7 Å². The molecule has 0 heterocycles. The van der Waals surface area contributed by atoms with Gasteiger partial charge in [0.2, 0.25) is 0 Å². The zero-order chi connectivity index (χ0) is 8.81. The molecule has 1 aromatic carbocycles. The van der Waals surface area contributed by atoms with E-state index in [0.717, 1.165) is 13.0 Å². The maximum atomic E-state index is 8.49. The van der Waals surface area contributed by atoms with Crippen LogP contribution < -0.4 is 0 Å². The Labute approximate surface area is 72.0 Å². The molecule has 0 aliphatic rings. The minimum atomic E-state index is 0.639. The predicted octanol–water partition coefficient (Wildman–Crippen LogP) is 1.14.